The van der Waals surface area contributed by atoms with Gasteiger partial charge in [0, 0.05) is 16.5 Å². The van der Waals surface area contributed by atoms with Crippen LogP contribution in [0.5, 0.6) is 0 Å². The highest BCUT2D eigenvalue weighted by Gasteiger charge is 2.22. The maximum Gasteiger partial charge on any atom is 0.0541 e. The van der Waals surface area contributed by atoms with Crippen LogP contribution in [0, 0.1) is 0 Å². The monoisotopic (exact) mass is 1040 g/mol. The van der Waals surface area contributed by atoms with Gasteiger partial charge in [0.2, 0.25) is 0 Å². The van der Waals surface area contributed by atoms with E-state index in [4.69, 9.17) is 0 Å². The van der Waals surface area contributed by atoms with Gasteiger partial charge in [-0.1, -0.05) is 273 Å². The van der Waals surface area contributed by atoms with E-state index in [-0.39, 0.29) is 0 Å². The molecule has 0 radical (unpaired) electrons. The summed E-state index contributed by atoms with van der Waals surface area (Å²) in [6.45, 7) is 0. The number of benzene rings is 14. The van der Waals surface area contributed by atoms with Crippen LogP contribution in [0.15, 0.2) is 309 Å². The van der Waals surface area contributed by atoms with Crippen molar-refractivity contribution in [2.24, 2.45) is 0 Å². The van der Waals surface area contributed by atoms with Gasteiger partial charge in [0.25, 0.3) is 0 Å². The Morgan fingerprint density at radius 2 is 0.524 bits per heavy atom. The zero-order valence-electron chi connectivity index (χ0n) is 45.1. The number of aromatic nitrogens is 1. The quantitative estimate of drug-likeness (QED) is 0.136. The highest BCUT2D eigenvalue weighted by molar-refractivity contribution is 6.12. The fourth-order valence-electron chi connectivity index (χ4n) is 13.0. The summed E-state index contributed by atoms with van der Waals surface area (Å²) in [6, 6.07) is 114. The van der Waals surface area contributed by atoms with Crippen molar-refractivity contribution in [3.05, 3.63) is 321 Å². The number of hydrogen-bond donors (Lipinski definition) is 0. The lowest BCUT2D eigenvalue weighted by Gasteiger charge is -2.11. The van der Waals surface area contributed by atoms with Gasteiger partial charge in [-0.05, 0) is 176 Å². The van der Waals surface area contributed by atoms with E-state index >= 15 is 0 Å². The molecule has 15 aromatic rings. The largest absolute Gasteiger partial charge is 0.309 e. The summed E-state index contributed by atoms with van der Waals surface area (Å²) in [5, 5.41) is 7.54. The molecule has 0 atom stereocenters. The predicted octanol–water partition coefficient (Wildman–Crippen LogP) is 22.0. The molecule has 1 heterocycles. The fraction of sp³-hybridized carbons (Fsp3) is 0.0123. The van der Waals surface area contributed by atoms with Gasteiger partial charge in [0.15, 0.2) is 0 Å². The molecule has 0 bridgehead atoms. The van der Waals surface area contributed by atoms with E-state index in [9.17, 15) is 0 Å². The van der Waals surface area contributed by atoms with Crippen molar-refractivity contribution in [3.63, 3.8) is 0 Å². The molecule has 0 spiro atoms. The lowest BCUT2D eigenvalue weighted by Crippen LogP contribution is -1.95. The SMILES string of the molecule is c1ccc(-c2ccc(-c3ccc4c(c3)Cc3cc(-n5c6ccc(-c7ccc(-c8ccc(-c9cccc%10ccccc9%10)cc8)cc7)cc6c6cc(-c7ccc(-c8ccc(-c9cccc%10ccccc9%10)cc8)cc7)ccc65)ccc3-4)cc2)cc1. The molecule has 0 saturated carbocycles. The summed E-state index contributed by atoms with van der Waals surface area (Å²) < 4.78 is 2.48. The summed E-state index contributed by atoms with van der Waals surface area (Å²) in [5.41, 5.74) is 28.5. The maximum atomic E-state index is 2.48. The molecule has 1 heteroatoms. The second-order valence-electron chi connectivity index (χ2n) is 22.0. The minimum absolute atomic E-state index is 0.897. The van der Waals surface area contributed by atoms with Gasteiger partial charge >= 0.3 is 0 Å². The first-order chi connectivity index (χ1) is 40.6. The van der Waals surface area contributed by atoms with E-state index < -0.39 is 0 Å². The summed E-state index contributed by atoms with van der Waals surface area (Å²) >= 11 is 0. The molecule has 82 heavy (non-hydrogen) atoms. The maximum absolute atomic E-state index is 2.48. The molecule has 1 aliphatic rings. The average molecular weight is 1040 g/mol. The molecule has 1 nitrogen and oxygen atoms in total. The molecule has 1 aliphatic carbocycles. The second kappa shape index (κ2) is 19.6. The molecule has 0 fully saturated rings. The van der Waals surface area contributed by atoms with Crippen LogP contribution < -0.4 is 0 Å². The molecule has 0 aliphatic heterocycles. The van der Waals surface area contributed by atoms with Gasteiger partial charge in [-0.2, -0.15) is 0 Å². The topological polar surface area (TPSA) is 4.93 Å². The molecule has 1 aromatic heterocycles. The Balaban J connectivity index is 0.734. The Morgan fingerprint density at radius 3 is 0.988 bits per heavy atom. The average Bonchev–Trinajstić information content (AvgIpc) is 4.27. The minimum atomic E-state index is 0.897. The van der Waals surface area contributed by atoms with Gasteiger partial charge in [0.1, 0.15) is 0 Å². The Kier molecular flexibility index (Phi) is 11.4. The van der Waals surface area contributed by atoms with Crippen LogP contribution in [0.4, 0.5) is 0 Å². The van der Waals surface area contributed by atoms with Crippen molar-refractivity contribution in [2.45, 2.75) is 6.42 Å². The molecule has 0 unspecified atom stereocenters. The van der Waals surface area contributed by atoms with Gasteiger partial charge in [-0.25, -0.2) is 0 Å². The molecule has 16 rings (SSSR count). The van der Waals surface area contributed by atoms with Gasteiger partial charge < -0.3 is 4.57 Å². The number of hydrogen-bond acceptors (Lipinski definition) is 0. The highest BCUT2D eigenvalue weighted by atomic mass is 15.0. The van der Waals surface area contributed by atoms with Gasteiger partial charge in [-0.15, -0.1) is 0 Å². The fourth-order valence-corrected chi connectivity index (χ4v) is 13.0. The van der Waals surface area contributed by atoms with E-state index in [0.717, 1.165) is 6.42 Å². The first-order valence-corrected chi connectivity index (χ1v) is 28.5. The van der Waals surface area contributed by atoms with Crippen LogP contribution in [0.1, 0.15) is 11.1 Å². The Morgan fingerprint density at radius 1 is 0.195 bits per heavy atom. The van der Waals surface area contributed by atoms with Crippen molar-refractivity contribution in [3.8, 4) is 106 Å². The van der Waals surface area contributed by atoms with E-state index in [1.807, 2.05) is 0 Å². The molecular formula is C81H53N. The second-order valence-corrected chi connectivity index (χ2v) is 22.0. The Labute approximate surface area is 478 Å². The zero-order chi connectivity index (χ0) is 54.1. The molecule has 14 aromatic carbocycles. The zero-order valence-corrected chi connectivity index (χ0v) is 45.1. The van der Waals surface area contributed by atoms with Crippen LogP contribution in [0.3, 0.4) is 0 Å². The summed E-state index contributed by atoms with van der Waals surface area (Å²) in [6.07, 6.45) is 0.897. The number of nitrogens with zero attached hydrogens (tertiary/aromatic N) is 1. The third-order valence-corrected chi connectivity index (χ3v) is 17.3. The third-order valence-electron chi connectivity index (χ3n) is 17.3. The van der Waals surface area contributed by atoms with Crippen molar-refractivity contribution in [2.75, 3.05) is 0 Å². The Bertz CT molecular complexity index is 4690. The molecule has 382 valence electrons. The van der Waals surface area contributed by atoms with E-state index in [2.05, 4.69) is 314 Å². The van der Waals surface area contributed by atoms with Crippen molar-refractivity contribution < 1.29 is 0 Å². The standard InChI is InChI=1S/C81H53N/c1-2-10-53(11-3-1)54-20-26-59(27-21-54)66-40-44-76-69(48-66)49-70-50-71(43-45-77(70)76)82-80-46-41-67(60-28-22-55(23-29-60)57-32-36-64(37-33-57)74-18-8-14-62-12-4-6-16-72(62)74)51-78(80)79-52-68(42-47-81(79)82)61-30-24-56(25-31-61)58-34-38-65(39-35-58)75-19-9-15-63-13-5-7-17-73(63)75/h1-48,50-52H,49H2. The van der Waals surface area contributed by atoms with Gasteiger partial charge in [0.05, 0.1) is 11.0 Å². The van der Waals surface area contributed by atoms with Crippen LogP contribution in [0.25, 0.3) is 149 Å². The summed E-state index contributed by atoms with van der Waals surface area (Å²) in [4.78, 5) is 0. The van der Waals surface area contributed by atoms with Gasteiger partial charge in [-0.3, -0.25) is 0 Å². The first kappa shape index (κ1) is 47.4. The molecule has 0 saturated heterocycles. The van der Waals surface area contributed by atoms with E-state index in [1.165, 1.54) is 160 Å². The van der Waals surface area contributed by atoms with Crippen molar-refractivity contribution in [1.29, 1.82) is 0 Å². The summed E-state index contributed by atoms with van der Waals surface area (Å²) in [5.74, 6) is 0. The smallest absolute Gasteiger partial charge is 0.0541 e. The van der Waals surface area contributed by atoms with Crippen LogP contribution in [-0.2, 0) is 6.42 Å². The molecule has 0 N–H and O–H groups in total. The lowest BCUT2D eigenvalue weighted by molar-refractivity contribution is 1.16. The van der Waals surface area contributed by atoms with Crippen LogP contribution in [0.2, 0.25) is 0 Å². The normalized spacial score (nSPS) is 11.9. The minimum Gasteiger partial charge on any atom is -0.309 e. The van der Waals surface area contributed by atoms with E-state index in [0.29, 0.717) is 0 Å². The third kappa shape index (κ3) is 8.33. The van der Waals surface area contributed by atoms with E-state index in [1.54, 1.807) is 0 Å². The van der Waals surface area contributed by atoms with Crippen LogP contribution >= 0.6 is 0 Å². The predicted molar refractivity (Wildman–Crippen MR) is 348 cm³/mol. The first-order valence-electron chi connectivity index (χ1n) is 28.5. The number of rotatable bonds is 9. The van der Waals surface area contributed by atoms with Crippen LogP contribution in [-0.4, -0.2) is 4.57 Å². The highest BCUT2D eigenvalue weighted by Crippen LogP contribution is 2.43. The Hall–Kier alpha value is -10.6. The molecule has 0 amide bonds. The molecular weight excluding hydrogens is 987 g/mol. The lowest BCUT2D eigenvalue weighted by atomic mass is 9.95. The summed E-state index contributed by atoms with van der Waals surface area (Å²) in [7, 11) is 0. The van der Waals surface area contributed by atoms with Crippen molar-refractivity contribution in [1.82, 2.24) is 4.57 Å². The number of fused-ring (bicyclic) bond motifs is 8. The van der Waals surface area contributed by atoms with Crippen molar-refractivity contribution >= 4 is 43.4 Å².